The van der Waals surface area contributed by atoms with Crippen LogP contribution in [0.2, 0.25) is 0 Å². The van der Waals surface area contributed by atoms with E-state index < -0.39 is 5.54 Å². The Hall–Kier alpha value is -7.30. The van der Waals surface area contributed by atoms with E-state index in [1.807, 2.05) is 24.3 Å². The first-order chi connectivity index (χ1) is 30.8. The van der Waals surface area contributed by atoms with Gasteiger partial charge in [-0.05, 0) is 96.5 Å². The summed E-state index contributed by atoms with van der Waals surface area (Å²) in [6.07, 6.45) is 15.0. The van der Waals surface area contributed by atoms with Crippen LogP contribution in [0.3, 0.4) is 0 Å². The maximum Gasteiger partial charge on any atom is 0.160 e. The highest BCUT2D eigenvalue weighted by Crippen LogP contribution is 2.40. The zero-order valence-corrected chi connectivity index (χ0v) is 36.4. The van der Waals surface area contributed by atoms with Crippen molar-refractivity contribution in [1.29, 1.82) is 0 Å². The van der Waals surface area contributed by atoms with Crippen LogP contribution < -0.4 is 0 Å². The molecular weight excluding hydrogens is 765 g/mol. The van der Waals surface area contributed by atoms with Crippen molar-refractivity contribution in [3.05, 3.63) is 235 Å². The molecule has 3 atom stereocenters. The van der Waals surface area contributed by atoms with Gasteiger partial charge in [-0.1, -0.05) is 201 Å². The lowest BCUT2D eigenvalue weighted by molar-refractivity contribution is 0.386. The molecule has 0 N–H and O–H groups in total. The third kappa shape index (κ3) is 9.46. The average molecular weight is 817 g/mol. The second-order valence-electron chi connectivity index (χ2n) is 17.1. The van der Waals surface area contributed by atoms with Gasteiger partial charge in [0.05, 0.1) is 16.9 Å². The summed E-state index contributed by atoms with van der Waals surface area (Å²) in [4.78, 5) is 21.2. The van der Waals surface area contributed by atoms with E-state index >= 15 is 0 Å². The van der Waals surface area contributed by atoms with Crippen LogP contribution in [0.5, 0.6) is 0 Å². The number of nitrogens with zero attached hydrogens (tertiary/aromatic N) is 4. The summed E-state index contributed by atoms with van der Waals surface area (Å²) >= 11 is 0. The van der Waals surface area contributed by atoms with Gasteiger partial charge >= 0.3 is 0 Å². The van der Waals surface area contributed by atoms with Crippen LogP contribution >= 0.6 is 0 Å². The fourth-order valence-electron chi connectivity index (χ4n) is 8.67. The molecule has 0 saturated heterocycles. The van der Waals surface area contributed by atoms with Gasteiger partial charge in [-0.2, -0.15) is 0 Å². The molecule has 0 spiro atoms. The van der Waals surface area contributed by atoms with Crippen molar-refractivity contribution in [2.24, 2.45) is 27.7 Å². The number of hydrogen-bond donors (Lipinski definition) is 0. The van der Waals surface area contributed by atoms with Gasteiger partial charge in [-0.25, -0.2) is 15.0 Å². The van der Waals surface area contributed by atoms with E-state index in [0.29, 0.717) is 5.92 Å². The SMILES string of the molecule is C/C(=N\C(=N/C(C)(C)C1=CC(C2C=C(c3nc(-c4cccc(-c5ccccc5)c4)cc(-c4cccc(-c5ccccc5)c4)n3)C=CC2C)CC=C1)c1ccccc1)c1ccccc1. The lowest BCUT2D eigenvalue weighted by Crippen LogP contribution is -2.27. The summed E-state index contributed by atoms with van der Waals surface area (Å²) in [5, 5.41) is 0. The molecule has 3 unspecified atom stereocenters. The van der Waals surface area contributed by atoms with Crippen LogP contribution in [0, 0.1) is 17.8 Å². The Balaban J connectivity index is 1.09. The smallest absolute Gasteiger partial charge is 0.160 e. The third-order valence-corrected chi connectivity index (χ3v) is 12.3. The standard InChI is InChI=1S/C59H52N4/c1-41-34-35-52(39-54(41)49-30-19-33-53(38-49)59(3,4)63-58(46-26-15-8-16-27-46)60-42(2)43-20-9-5-10-21-43)57-61-55(50-31-17-28-47(36-50)44-22-11-6-12-23-44)40-56(62-57)51-32-18-29-48(37-51)45-24-13-7-14-25-45/h5-29,31-41,49,54H,30H2,1-4H3/b60-42+,63-58-. The topological polar surface area (TPSA) is 50.5 Å². The van der Waals surface area contributed by atoms with Crippen LogP contribution in [0.15, 0.2) is 228 Å². The summed E-state index contributed by atoms with van der Waals surface area (Å²) in [6.45, 7) is 8.79. The molecule has 308 valence electrons. The van der Waals surface area contributed by atoms with Gasteiger partial charge < -0.3 is 0 Å². The molecule has 2 aliphatic rings. The van der Waals surface area contributed by atoms with Gasteiger partial charge in [0.2, 0.25) is 0 Å². The predicted molar refractivity (Wildman–Crippen MR) is 265 cm³/mol. The summed E-state index contributed by atoms with van der Waals surface area (Å²) in [7, 11) is 0. The molecule has 4 heteroatoms. The number of hydrogen-bond acceptors (Lipinski definition) is 3. The molecule has 1 aromatic heterocycles. The van der Waals surface area contributed by atoms with E-state index in [1.165, 1.54) is 16.7 Å². The van der Waals surface area contributed by atoms with E-state index in [-0.39, 0.29) is 11.8 Å². The first-order valence-corrected chi connectivity index (χ1v) is 22.0. The Morgan fingerprint density at radius 3 is 1.63 bits per heavy atom. The molecule has 0 amide bonds. The summed E-state index contributed by atoms with van der Waals surface area (Å²) in [6, 6.07) is 61.2. The maximum atomic E-state index is 5.42. The number of aliphatic imine (C=N–C) groups is 2. The normalized spacial score (nSPS) is 17.9. The zero-order valence-electron chi connectivity index (χ0n) is 36.4. The minimum atomic E-state index is -0.532. The molecular formula is C59H52N4. The van der Waals surface area contributed by atoms with Gasteiger partial charge in [0.25, 0.3) is 0 Å². The Labute approximate surface area is 372 Å². The highest BCUT2D eigenvalue weighted by molar-refractivity contribution is 6.11. The third-order valence-electron chi connectivity index (χ3n) is 12.3. The first kappa shape index (κ1) is 41.1. The van der Waals surface area contributed by atoms with Gasteiger partial charge in [0.15, 0.2) is 11.7 Å². The minimum Gasteiger partial charge on any atom is -0.255 e. The highest BCUT2D eigenvalue weighted by Gasteiger charge is 2.31. The van der Waals surface area contributed by atoms with E-state index in [9.17, 15) is 0 Å². The Bertz CT molecular complexity index is 2800. The fraction of sp³-hybridized carbons (Fsp3) is 0.153. The molecule has 0 radical (unpaired) electrons. The summed E-state index contributed by atoms with van der Waals surface area (Å²) in [5.41, 5.74) is 13.3. The van der Waals surface area contributed by atoms with Crippen molar-refractivity contribution in [2.75, 3.05) is 0 Å². The summed E-state index contributed by atoms with van der Waals surface area (Å²) in [5.74, 6) is 2.27. The van der Waals surface area contributed by atoms with Crippen LogP contribution in [-0.2, 0) is 0 Å². The molecule has 1 heterocycles. The first-order valence-electron chi connectivity index (χ1n) is 22.0. The highest BCUT2D eigenvalue weighted by atomic mass is 15.0. The second kappa shape index (κ2) is 18.4. The molecule has 9 rings (SSSR count). The Kier molecular flexibility index (Phi) is 12.0. The lowest BCUT2D eigenvalue weighted by atomic mass is 9.73. The van der Waals surface area contributed by atoms with Crippen molar-refractivity contribution in [1.82, 2.24) is 9.97 Å². The lowest BCUT2D eigenvalue weighted by Gasteiger charge is -2.33. The van der Waals surface area contributed by atoms with Gasteiger partial charge in [-0.15, -0.1) is 0 Å². The quantitative estimate of drug-likeness (QED) is 0.102. The number of amidine groups is 1. The predicted octanol–water partition coefficient (Wildman–Crippen LogP) is 14.6. The molecule has 0 aliphatic heterocycles. The van der Waals surface area contributed by atoms with Gasteiger partial charge in [0.1, 0.15) is 0 Å². The maximum absolute atomic E-state index is 5.42. The number of aromatic nitrogens is 2. The summed E-state index contributed by atoms with van der Waals surface area (Å²) < 4.78 is 0. The van der Waals surface area contributed by atoms with E-state index in [2.05, 4.69) is 216 Å². The molecule has 0 bridgehead atoms. The Morgan fingerprint density at radius 2 is 1.06 bits per heavy atom. The van der Waals surface area contributed by atoms with Gasteiger partial charge in [0, 0.05) is 28.0 Å². The molecule has 6 aromatic carbocycles. The van der Waals surface area contributed by atoms with Crippen molar-refractivity contribution in [2.45, 2.75) is 39.7 Å². The number of benzene rings is 6. The Morgan fingerprint density at radius 1 is 0.556 bits per heavy atom. The largest absolute Gasteiger partial charge is 0.255 e. The fourth-order valence-corrected chi connectivity index (χ4v) is 8.67. The van der Waals surface area contributed by atoms with Gasteiger partial charge in [-0.3, -0.25) is 4.99 Å². The van der Waals surface area contributed by atoms with E-state index in [0.717, 1.165) is 74.1 Å². The van der Waals surface area contributed by atoms with Crippen molar-refractivity contribution in [3.63, 3.8) is 0 Å². The molecule has 0 fully saturated rings. The van der Waals surface area contributed by atoms with E-state index in [4.69, 9.17) is 20.0 Å². The van der Waals surface area contributed by atoms with Crippen LogP contribution in [0.4, 0.5) is 0 Å². The molecule has 0 saturated carbocycles. The molecule has 63 heavy (non-hydrogen) atoms. The minimum absolute atomic E-state index is 0.232. The monoisotopic (exact) mass is 816 g/mol. The van der Waals surface area contributed by atoms with Crippen molar-refractivity contribution < 1.29 is 0 Å². The van der Waals surface area contributed by atoms with Crippen LogP contribution in [-0.4, -0.2) is 27.1 Å². The van der Waals surface area contributed by atoms with Crippen molar-refractivity contribution >= 4 is 17.1 Å². The van der Waals surface area contributed by atoms with E-state index in [1.54, 1.807) is 0 Å². The van der Waals surface area contributed by atoms with Crippen LogP contribution in [0.25, 0.3) is 50.3 Å². The second-order valence-corrected chi connectivity index (χ2v) is 17.1. The number of rotatable bonds is 10. The van der Waals surface area contributed by atoms with Crippen molar-refractivity contribution in [3.8, 4) is 44.8 Å². The molecule has 2 aliphatic carbocycles. The zero-order chi connectivity index (χ0) is 43.2. The van der Waals surface area contributed by atoms with Crippen LogP contribution in [0.1, 0.15) is 51.1 Å². The average Bonchev–Trinajstić information content (AvgIpc) is 3.35. The number of allylic oxidation sites excluding steroid dienone is 6. The molecule has 7 aromatic rings. The molecule has 4 nitrogen and oxygen atoms in total.